The number of fused-ring (bicyclic) bond motifs is 1. The Morgan fingerprint density at radius 1 is 0.533 bits per heavy atom. The SMILES string of the molecule is O=C(O)CC[C@H](NC(=O)N[C@@H](CCCCNC(=O)[C@H](Cc1ccc2ccccc2c1)NC(=O)C1CCC(CNC(=O)CN2CCCN(CC(=O)O)CCN(CC(=O)O)CCN(CC(=O)O)CC2)CC1)C(=O)O)C(=O)O. The summed E-state index contributed by atoms with van der Waals surface area (Å²) in [5.74, 6) is -8.58. The number of carboxylic acid groups (broad SMARTS) is 6. The minimum atomic E-state index is -1.55. The molecule has 1 aliphatic carbocycles. The van der Waals surface area contributed by atoms with Gasteiger partial charge in [-0.25, -0.2) is 14.4 Å². The van der Waals surface area contributed by atoms with Crippen LogP contribution < -0.4 is 26.6 Å². The molecule has 5 amide bonds. The Balaban J connectivity index is 1.30. The van der Waals surface area contributed by atoms with Crippen molar-refractivity contribution in [2.24, 2.45) is 11.8 Å². The van der Waals surface area contributed by atoms with Gasteiger partial charge in [-0.05, 0) is 86.6 Å². The van der Waals surface area contributed by atoms with Crippen molar-refractivity contribution in [1.82, 2.24) is 46.2 Å². The average molecular weight is 1060 g/mol. The lowest BCUT2D eigenvalue weighted by Gasteiger charge is -2.30. The smallest absolute Gasteiger partial charge is 0.326 e. The molecule has 0 aromatic heterocycles. The minimum absolute atomic E-state index is 0.0114. The topological polar surface area (TPSA) is 365 Å². The number of hydrogen-bond acceptors (Lipinski definition) is 14. The second-order valence-corrected chi connectivity index (χ2v) is 19.2. The van der Waals surface area contributed by atoms with E-state index < -0.39 is 84.6 Å². The summed E-state index contributed by atoms with van der Waals surface area (Å²) in [5, 5.41) is 71.5. The number of amides is 5. The molecule has 2 aromatic rings. The van der Waals surface area contributed by atoms with Gasteiger partial charge in [0.1, 0.15) is 18.1 Å². The van der Waals surface area contributed by atoms with Gasteiger partial charge in [-0.2, -0.15) is 0 Å². The van der Waals surface area contributed by atoms with Crippen LogP contribution in [0.15, 0.2) is 42.5 Å². The number of unbranched alkanes of at least 4 members (excludes halogenated alkanes) is 1. The third kappa shape index (κ3) is 23.4. The first-order valence-electron chi connectivity index (χ1n) is 25.4. The Morgan fingerprint density at radius 3 is 1.59 bits per heavy atom. The monoisotopic (exact) mass is 1060 g/mol. The van der Waals surface area contributed by atoms with Crippen LogP contribution in [0, 0.1) is 11.8 Å². The number of carbonyl (C=O) groups excluding carboxylic acids is 4. The van der Waals surface area contributed by atoms with E-state index in [1.807, 2.05) is 47.4 Å². The fraction of sp³-hybridized carbons (Fsp3) is 0.600. The van der Waals surface area contributed by atoms with E-state index in [1.54, 1.807) is 14.7 Å². The lowest BCUT2D eigenvalue weighted by Crippen LogP contribution is -2.51. The van der Waals surface area contributed by atoms with Crippen LogP contribution in [0.1, 0.15) is 69.8 Å². The molecule has 2 aromatic carbocycles. The van der Waals surface area contributed by atoms with Crippen LogP contribution in [-0.4, -0.2) is 220 Å². The van der Waals surface area contributed by atoms with E-state index in [-0.39, 0.29) is 89.4 Å². The molecule has 2 aliphatic rings. The predicted octanol–water partition coefficient (Wildman–Crippen LogP) is 0.0121. The van der Waals surface area contributed by atoms with Gasteiger partial charge in [0.2, 0.25) is 17.7 Å². The lowest BCUT2D eigenvalue weighted by molar-refractivity contribution is -0.141. The largest absolute Gasteiger partial charge is 0.481 e. The van der Waals surface area contributed by atoms with E-state index in [1.165, 1.54) is 0 Å². The summed E-state index contributed by atoms with van der Waals surface area (Å²) in [4.78, 5) is 130. The van der Waals surface area contributed by atoms with Crippen LogP contribution in [0.3, 0.4) is 0 Å². The fourth-order valence-electron chi connectivity index (χ4n) is 9.22. The molecule has 1 heterocycles. The highest BCUT2D eigenvalue weighted by molar-refractivity contribution is 5.90. The zero-order chi connectivity index (χ0) is 54.9. The zero-order valence-electron chi connectivity index (χ0n) is 42.2. The first-order chi connectivity index (χ1) is 35.7. The van der Waals surface area contributed by atoms with E-state index in [0.29, 0.717) is 77.8 Å². The molecule has 75 heavy (non-hydrogen) atoms. The fourth-order valence-corrected chi connectivity index (χ4v) is 9.22. The summed E-state index contributed by atoms with van der Waals surface area (Å²) >= 11 is 0. The maximum atomic E-state index is 13.8. The van der Waals surface area contributed by atoms with Crippen LogP contribution >= 0.6 is 0 Å². The van der Waals surface area contributed by atoms with Crippen molar-refractivity contribution < 1.29 is 78.6 Å². The number of nitrogens with zero attached hydrogens (tertiary/aromatic N) is 4. The molecule has 0 unspecified atom stereocenters. The summed E-state index contributed by atoms with van der Waals surface area (Å²) in [6.45, 7) is 2.20. The third-order valence-corrected chi connectivity index (χ3v) is 13.4. The van der Waals surface area contributed by atoms with Crippen LogP contribution in [0.2, 0.25) is 0 Å². The van der Waals surface area contributed by atoms with Crippen molar-refractivity contribution in [3.8, 4) is 0 Å². The van der Waals surface area contributed by atoms with Crippen LogP contribution in [-0.2, 0) is 49.6 Å². The molecule has 0 spiro atoms. The predicted molar refractivity (Wildman–Crippen MR) is 270 cm³/mol. The standard InChI is InChI=1S/C50H73N9O16/c60-41(29-56-18-5-19-57(30-43(63)64)21-23-59(32-45(67)68)25-24-58(22-20-56)31-44(65)66)52-28-33-9-13-36(14-10-33)46(69)53-40(27-34-11-12-35-6-1-2-7-37(35)26-34)47(70)51-17-4-3-8-38(48(71)72)54-50(75)55-39(49(73)74)15-16-42(61)62/h1-2,6-7,11-12,26,33,36,38-40H,3-5,8-10,13-25,27-32H2,(H,51,70)(H,52,60)(H,53,69)(H,61,62)(H,63,64)(H,65,66)(H,67,68)(H,71,72)(H,73,74)(H2,54,55,75)/t33?,36?,38-,39-,40-/m0/s1. The molecule has 1 saturated heterocycles. The molecule has 4 rings (SSSR count). The van der Waals surface area contributed by atoms with Gasteiger partial charge in [0, 0.05) is 77.7 Å². The van der Waals surface area contributed by atoms with Crippen LogP contribution in [0.5, 0.6) is 0 Å². The number of hydrogen-bond donors (Lipinski definition) is 11. The lowest BCUT2D eigenvalue weighted by atomic mass is 9.81. The molecular formula is C50H73N9O16. The van der Waals surface area contributed by atoms with Gasteiger partial charge in [0.25, 0.3) is 0 Å². The van der Waals surface area contributed by atoms with Crippen molar-refractivity contribution in [2.45, 2.75) is 88.8 Å². The zero-order valence-corrected chi connectivity index (χ0v) is 42.2. The Bertz CT molecular complexity index is 2280. The molecule has 2 fully saturated rings. The van der Waals surface area contributed by atoms with Gasteiger partial charge in [-0.15, -0.1) is 0 Å². The van der Waals surface area contributed by atoms with Gasteiger partial charge in [0.05, 0.1) is 26.2 Å². The number of aliphatic carboxylic acids is 6. The van der Waals surface area contributed by atoms with Gasteiger partial charge < -0.3 is 57.2 Å². The molecule has 11 N–H and O–H groups in total. The molecule has 3 atom stereocenters. The Kier molecular flexibility index (Phi) is 25.6. The molecule has 1 saturated carbocycles. The Morgan fingerprint density at radius 2 is 1.05 bits per heavy atom. The quantitative estimate of drug-likeness (QED) is 0.0525. The number of urea groups is 1. The molecule has 414 valence electrons. The van der Waals surface area contributed by atoms with E-state index in [2.05, 4.69) is 26.6 Å². The summed E-state index contributed by atoms with van der Waals surface area (Å²) < 4.78 is 0. The van der Waals surface area contributed by atoms with Gasteiger partial charge >= 0.3 is 41.8 Å². The Labute approximate surface area is 434 Å². The number of nitrogens with one attached hydrogen (secondary N) is 5. The van der Waals surface area contributed by atoms with Crippen molar-refractivity contribution in [2.75, 3.05) is 91.6 Å². The highest BCUT2D eigenvalue weighted by Gasteiger charge is 2.31. The van der Waals surface area contributed by atoms with Gasteiger partial charge in [-0.1, -0.05) is 42.5 Å². The van der Waals surface area contributed by atoms with Crippen molar-refractivity contribution in [3.63, 3.8) is 0 Å². The number of carbonyl (C=O) groups is 10. The summed E-state index contributed by atoms with van der Waals surface area (Å²) in [5.41, 5.74) is 0.806. The molecule has 0 bridgehead atoms. The summed E-state index contributed by atoms with van der Waals surface area (Å²) in [6.07, 6.45) is 2.46. The molecular weight excluding hydrogens is 983 g/mol. The van der Waals surface area contributed by atoms with Crippen LogP contribution in [0.4, 0.5) is 4.79 Å². The van der Waals surface area contributed by atoms with Crippen molar-refractivity contribution >= 4 is 70.3 Å². The van der Waals surface area contributed by atoms with Gasteiger partial charge in [0.15, 0.2) is 0 Å². The number of rotatable bonds is 27. The van der Waals surface area contributed by atoms with E-state index >= 15 is 0 Å². The first kappa shape index (κ1) is 60.6. The molecule has 1 aliphatic heterocycles. The highest BCUT2D eigenvalue weighted by atomic mass is 16.4. The minimum Gasteiger partial charge on any atom is -0.481 e. The van der Waals surface area contributed by atoms with Crippen molar-refractivity contribution in [3.05, 3.63) is 48.0 Å². The molecule has 0 radical (unpaired) electrons. The maximum absolute atomic E-state index is 13.8. The number of carboxylic acids is 6. The second-order valence-electron chi connectivity index (χ2n) is 19.2. The highest BCUT2D eigenvalue weighted by Crippen LogP contribution is 2.29. The third-order valence-electron chi connectivity index (χ3n) is 13.4. The molecule has 25 nitrogen and oxygen atoms in total. The maximum Gasteiger partial charge on any atom is 0.326 e. The van der Waals surface area contributed by atoms with E-state index in [9.17, 15) is 73.5 Å². The second kappa shape index (κ2) is 31.7. The van der Waals surface area contributed by atoms with E-state index in [0.717, 1.165) is 16.3 Å². The summed E-state index contributed by atoms with van der Waals surface area (Å²) in [7, 11) is 0. The molecule has 25 heteroatoms. The first-order valence-corrected chi connectivity index (χ1v) is 25.4. The normalized spacial score (nSPS) is 18.8. The summed E-state index contributed by atoms with van der Waals surface area (Å²) in [6, 6.07) is 8.46. The van der Waals surface area contributed by atoms with Crippen molar-refractivity contribution in [1.29, 1.82) is 0 Å². The average Bonchev–Trinajstić information content (AvgIpc) is 3.36. The van der Waals surface area contributed by atoms with Crippen LogP contribution in [0.25, 0.3) is 10.8 Å². The Hall–Kier alpha value is -6.96. The van der Waals surface area contributed by atoms with E-state index in [4.69, 9.17) is 5.11 Å². The number of benzene rings is 2. The van der Waals surface area contributed by atoms with Gasteiger partial charge in [-0.3, -0.25) is 53.2 Å².